The summed E-state index contributed by atoms with van der Waals surface area (Å²) < 4.78 is 5.21. The van der Waals surface area contributed by atoms with Crippen LogP contribution in [0.3, 0.4) is 0 Å². The molecule has 0 spiro atoms. The van der Waals surface area contributed by atoms with E-state index in [-0.39, 0.29) is 24.9 Å². The van der Waals surface area contributed by atoms with Gasteiger partial charge >= 0.3 is 12.1 Å². The Balaban J connectivity index is 2.13. The number of rotatable bonds is 20. The third-order valence-electron chi connectivity index (χ3n) is 8.11. The van der Waals surface area contributed by atoms with Crippen LogP contribution in [-0.2, 0) is 33.5 Å². The Hall–Kier alpha value is -4.57. The summed E-state index contributed by atoms with van der Waals surface area (Å²) >= 11 is 0. The topological polar surface area (TPSA) is 250 Å². The minimum absolute atomic E-state index is 0.00352. The van der Waals surface area contributed by atoms with Gasteiger partial charge in [-0.15, -0.1) is 0 Å². The van der Waals surface area contributed by atoms with Crippen LogP contribution in [0.15, 0.2) is 30.3 Å². The van der Waals surface area contributed by atoms with Crippen molar-refractivity contribution in [2.24, 2.45) is 11.8 Å². The van der Waals surface area contributed by atoms with Crippen LogP contribution >= 0.6 is 0 Å². The molecule has 1 aromatic rings. The van der Waals surface area contributed by atoms with Gasteiger partial charge in [0.05, 0.1) is 31.9 Å². The normalized spacial score (nSPS) is 16.1. The van der Waals surface area contributed by atoms with Crippen molar-refractivity contribution >= 4 is 41.5 Å². The van der Waals surface area contributed by atoms with E-state index in [1.165, 1.54) is 12.1 Å². The van der Waals surface area contributed by atoms with Crippen molar-refractivity contribution in [3.8, 4) is 0 Å². The van der Waals surface area contributed by atoms with Crippen LogP contribution in [0, 0.1) is 11.8 Å². The maximum absolute atomic E-state index is 13.6. The third kappa shape index (κ3) is 14.1. The van der Waals surface area contributed by atoms with E-state index in [9.17, 15) is 48.9 Å². The molecule has 1 fully saturated rings. The lowest BCUT2D eigenvalue weighted by molar-refractivity contribution is -0.142. The van der Waals surface area contributed by atoms with E-state index in [1.54, 1.807) is 25.1 Å². The van der Waals surface area contributed by atoms with Crippen LogP contribution in [0.1, 0.15) is 83.7 Å². The van der Waals surface area contributed by atoms with Crippen LogP contribution in [0.2, 0.25) is 0 Å². The molecule has 0 aliphatic heterocycles. The molecule has 1 aliphatic carbocycles. The summed E-state index contributed by atoms with van der Waals surface area (Å²) in [6.07, 6.45) is 1.57. The summed E-state index contributed by atoms with van der Waals surface area (Å²) in [5.74, 6) is -6.39. The van der Waals surface area contributed by atoms with Crippen molar-refractivity contribution in [1.29, 1.82) is 0 Å². The first-order valence-electron chi connectivity index (χ1n) is 17.0. The Morgan fingerprint density at radius 1 is 0.880 bits per heavy atom. The maximum atomic E-state index is 13.6. The molecule has 4 unspecified atom stereocenters. The predicted octanol–water partition coefficient (Wildman–Crippen LogP) is 0.458. The first kappa shape index (κ1) is 41.6. The molecular formula is C34H51N5O11. The summed E-state index contributed by atoms with van der Waals surface area (Å²) in [6.45, 7) is 4.07. The van der Waals surface area contributed by atoms with E-state index in [2.05, 4.69) is 26.6 Å². The van der Waals surface area contributed by atoms with Crippen LogP contribution < -0.4 is 26.6 Å². The number of amides is 5. The number of ether oxygens (including phenoxy) is 1. The second-order valence-corrected chi connectivity index (χ2v) is 12.8. The van der Waals surface area contributed by atoms with Gasteiger partial charge in [0.25, 0.3) is 5.91 Å². The zero-order chi connectivity index (χ0) is 37.2. The maximum Gasteiger partial charge on any atom is 0.407 e. The lowest BCUT2D eigenvalue weighted by Crippen LogP contribution is -2.59. The zero-order valence-electron chi connectivity index (χ0n) is 28.8. The van der Waals surface area contributed by atoms with E-state index in [0.717, 1.165) is 19.3 Å². The molecule has 16 nitrogen and oxygen atoms in total. The molecule has 50 heavy (non-hydrogen) atoms. The van der Waals surface area contributed by atoms with Gasteiger partial charge in [-0.25, -0.2) is 9.59 Å². The van der Waals surface area contributed by atoms with Crippen LogP contribution in [0.5, 0.6) is 0 Å². The molecule has 0 bridgehead atoms. The molecule has 0 heterocycles. The molecule has 2 rings (SSSR count). The number of Topliss-reactive ketones (excluding diaryl/α,β-unsaturated/α-hetero) is 1. The molecule has 0 saturated heterocycles. The second-order valence-electron chi connectivity index (χ2n) is 12.8. The molecule has 1 saturated carbocycles. The van der Waals surface area contributed by atoms with Crippen molar-refractivity contribution in [1.82, 2.24) is 26.6 Å². The first-order chi connectivity index (χ1) is 23.8. The fourth-order valence-electron chi connectivity index (χ4n) is 5.50. The molecule has 5 atom stereocenters. The molecule has 278 valence electrons. The smallest absolute Gasteiger partial charge is 0.407 e. The number of nitrogens with one attached hydrogen (secondary N) is 5. The van der Waals surface area contributed by atoms with Gasteiger partial charge in [0.1, 0.15) is 12.1 Å². The number of aliphatic hydroxyl groups is 2. The van der Waals surface area contributed by atoms with Crippen LogP contribution in [0.25, 0.3) is 0 Å². The highest BCUT2D eigenvalue weighted by molar-refractivity contribution is 6.38. The van der Waals surface area contributed by atoms with E-state index in [4.69, 9.17) is 4.74 Å². The molecule has 5 amide bonds. The number of hydrogen-bond acceptors (Lipinski definition) is 10. The van der Waals surface area contributed by atoms with Crippen molar-refractivity contribution in [3.63, 3.8) is 0 Å². The van der Waals surface area contributed by atoms with Gasteiger partial charge < -0.3 is 46.6 Å². The number of carboxylic acid groups (broad SMARTS) is 1. The molecule has 1 aliphatic rings. The molecule has 0 aromatic heterocycles. The number of carbonyl (C=O) groups excluding carboxylic acids is 6. The summed E-state index contributed by atoms with van der Waals surface area (Å²) in [5, 5.41) is 41.2. The van der Waals surface area contributed by atoms with Crippen molar-refractivity contribution in [2.75, 3.05) is 19.8 Å². The van der Waals surface area contributed by atoms with Crippen LogP contribution in [0.4, 0.5) is 4.79 Å². The van der Waals surface area contributed by atoms with Crippen molar-refractivity contribution < 1.29 is 53.6 Å². The Morgan fingerprint density at radius 2 is 1.52 bits per heavy atom. The van der Waals surface area contributed by atoms with Gasteiger partial charge in [-0.05, 0) is 36.7 Å². The number of alkyl carbamates (subject to hydrolysis) is 1. The molecule has 16 heteroatoms. The number of aliphatic carboxylic acids is 1. The standard InChI is InChI=1S/C34H51N5O11/c1-4-11-24(29(43)32(46)35-17-26(42)38-28(33(47)48)22-14-9-6-10-15-22)36-30(44)25(16-23(41)18-40)37-31(45)27(21-12-7-5-8-13-21)39-34(49)50-19-20(2)3/h6,9-10,14-15,20-21,23-25,27-28,40-41H,4-5,7-8,11-13,16-19H2,1-3H3,(H,35,46)(H,36,44)(H,37,45)(H,38,42)(H,39,49)(H,47,48)/t23?,24?,25?,27?,28-/m0/s1. The molecule has 8 N–H and O–H groups in total. The number of carboxylic acids is 1. The molecule has 0 radical (unpaired) electrons. The van der Waals surface area contributed by atoms with Gasteiger partial charge in [-0.2, -0.15) is 0 Å². The highest BCUT2D eigenvalue weighted by Gasteiger charge is 2.36. The zero-order valence-corrected chi connectivity index (χ0v) is 28.8. The Labute approximate surface area is 291 Å². The van der Waals surface area contributed by atoms with E-state index in [1.807, 2.05) is 13.8 Å². The lowest BCUT2D eigenvalue weighted by Gasteiger charge is -2.31. The lowest BCUT2D eigenvalue weighted by atomic mass is 9.83. The predicted molar refractivity (Wildman–Crippen MR) is 179 cm³/mol. The Bertz CT molecular complexity index is 1300. The van der Waals surface area contributed by atoms with Crippen LogP contribution in [-0.4, -0.2) is 101 Å². The highest BCUT2D eigenvalue weighted by Crippen LogP contribution is 2.27. The highest BCUT2D eigenvalue weighted by atomic mass is 16.5. The van der Waals surface area contributed by atoms with E-state index >= 15 is 0 Å². The summed E-state index contributed by atoms with van der Waals surface area (Å²) in [7, 11) is 0. The first-order valence-corrected chi connectivity index (χ1v) is 17.0. The monoisotopic (exact) mass is 705 g/mol. The molecular weight excluding hydrogens is 654 g/mol. The fraction of sp³-hybridized carbons (Fsp3) is 0.618. The minimum Gasteiger partial charge on any atom is -0.479 e. The summed E-state index contributed by atoms with van der Waals surface area (Å²) in [5.41, 5.74) is 0.293. The van der Waals surface area contributed by atoms with Gasteiger partial charge in [0.15, 0.2) is 6.04 Å². The average molecular weight is 706 g/mol. The SMILES string of the molecule is CCCC(NC(=O)C(CC(O)CO)NC(=O)C(NC(=O)OCC(C)C)C1CCCCC1)C(=O)C(=O)NCC(=O)N[C@H](C(=O)O)c1ccccc1. The largest absolute Gasteiger partial charge is 0.479 e. The van der Waals surface area contributed by atoms with Gasteiger partial charge in [0.2, 0.25) is 23.5 Å². The Kier molecular flexibility index (Phi) is 17.9. The number of carbonyl (C=O) groups is 7. The number of hydrogen-bond donors (Lipinski definition) is 8. The second kappa shape index (κ2) is 21.5. The quantitative estimate of drug-likeness (QED) is 0.0866. The van der Waals surface area contributed by atoms with Crippen molar-refractivity contribution in [3.05, 3.63) is 35.9 Å². The number of benzene rings is 1. The summed E-state index contributed by atoms with van der Waals surface area (Å²) in [6, 6.07) is 2.53. The summed E-state index contributed by atoms with van der Waals surface area (Å²) in [4.78, 5) is 89.7. The third-order valence-corrected chi connectivity index (χ3v) is 8.11. The Morgan fingerprint density at radius 3 is 2.10 bits per heavy atom. The number of ketones is 1. The van der Waals surface area contributed by atoms with Gasteiger partial charge in [-0.1, -0.05) is 76.8 Å². The van der Waals surface area contributed by atoms with Gasteiger partial charge in [0, 0.05) is 6.42 Å². The minimum atomic E-state index is -1.48. The number of aliphatic hydroxyl groups excluding tert-OH is 2. The van der Waals surface area contributed by atoms with E-state index in [0.29, 0.717) is 24.8 Å². The van der Waals surface area contributed by atoms with Crippen molar-refractivity contribution in [2.45, 2.75) is 102 Å². The van der Waals surface area contributed by atoms with Gasteiger partial charge in [-0.3, -0.25) is 24.0 Å². The average Bonchev–Trinajstić information content (AvgIpc) is 3.10. The fourth-order valence-corrected chi connectivity index (χ4v) is 5.50. The molecule has 1 aromatic carbocycles. The van der Waals surface area contributed by atoms with E-state index < -0.39 is 91.3 Å².